The van der Waals surface area contributed by atoms with E-state index in [0.29, 0.717) is 11.3 Å². The van der Waals surface area contributed by atoms with Crippen molar-refractivity contribution in [1.82, 2.24) is 5.32 Å². The zero-order valence-corrected chi connectivity index (χ0v) is 11.7. The minimum absolute atomic E-state index is 0.0599. The van der Waals surface area contributed by atoms with Crippen LogP contribution in [0.1, 0.15) is 28.2 Å². The van der Waals surface area contributed by atoms with Crippen LogP contribution in [0.2, 0.25) is 0 Å². The van der Waals surface area contributed by atoms with Crippen LogP contribution in [-0.4, -0.2) is 11.9 Å². The molecule has 104 valence electrons. The summed E-state index contributed by atoms with van der Waals surface area (Å²) in [5, 5.41) is 7.32. The molecule has 20 heavy (non-hydrogen) atoms. The van der Waals surface area contributed by atoms with Crippen molar-refractivity contribution in [2.75, 3.05) is 5.32 Å². The number of benzene rings is 1. The van der Waals surface area contributed by atoms with E-state index in [1.807, 2.05) is 24.4 Å². The molecule has 1 heterocycles. The maximum Gasteiger partial charge on any atom is 0.316 e. The molecule has 5 nitrogen and oxygen atoms in total. The van der Waals surface area contributed by atoms with Gasteiger partial charge in [-0.25, -0.2) is 4.79 Å². The van der Waals surface area contributed by atoms with Crippen molar-refractivity contribution in [3.05, 3.63) is 52.2 Å². The molecule has 0 fully saturated rings. The van der Waals surface area contributed by atoms with Crippen LogP contribution in [0.3, 0.4) is 0 Å². The first kappa shape index (κ1) is 14.1. The summed E-state index contributed by atoms with van der Waals surface area (Å²) >= 11 is 1.59. The van der Waals surface area contributed by atoms with Crippen LogP contribution in [0.25, 0.3) is 0 Å². The summed E-state index contributed by atoms with van der Waals surface area (Å²) in [6.45, 7) is 1.93. The van der Waals surface area contributed by atoms with Gasteiger partial charge in [-0.05, 0) is 36.6 Å². The number of anilines is 1. The minimum Gasteiger partial charge on any atom is -0.351 e. The van der Waals surface area contributed by atoms with Gasteiger partial charge in [-0.15, -0.1) is 11.3 Å². The Morgan fingerprint density at radius 1 is 1.25 bits per heavy atom. The molecule has 0 radical (unpaired) electrons. The van der Waals surface area contributed by atoms with Gasteiger partial charge < -0.3 is 16.4 Å². The average Bonchev–Trinajstić information content (AvgIpc) is 2.92. The number of rotatable bonds is 4. The maximum absolute atomic E-state index is 12.1. The molecule has 2 aromatic rings. The van der Waals surface area contributed by atoms with Crippen molar-refractivity contribution in [3.8, 4) is 0 Å². The van der Waals surface area contributed by atoms with Gasteiger partial charge in [0.1, 0.15) is 0 Å². The lowest BCUT2D eigenvalue weighted by Gasteiger charge is -2.12. The van der Waals surface area contributed by atoms with Crippen LogP contribution in [0.4, 0.5) is 10.5 Å². The van der Waals surface area contributed by atoms with Gasteiger partial charge in [0.15, 0.2) is 0 Å². The number of urea groups is 1. The molecule has 0 aliphatic heterocycles. The van der Waals surface area contributed by atoms with E-state index in [-0.39, 0.29) is 11.9 Å². The Bertz CT molecular complexity index is 611. The highest BCUT2D eigenvalue weighted by Crippen LogP contribution is 2.19. The molecule has 1 aromatic heterocycles. The third-order valence-corrected chi connectivity index (χ3v) is 3.76. The summed E-state index contributed by atoms with van der Waals surface area (Å²) in [4.78, 5) is 24.0. The minimum atomic E-state index is -0.658. The van der Waals surface area contributed by atoms with E-state index in [1.54, 1.807) is 35.6 Å². The lowest BCUT2D eigenvalue weighted by Crippen LogP contribution is -2.26. The Balaban J connectivity index is 2.07. The summed E-state index contributed by atoms with van der Waals surface area (Å²) < 4.78 is 0. The second-order valence-corrected chi connectivity index (χ2v) is 5.26. The highest BCUT2D eigenvalue weighted by atomic mass is 32.1. The molecule has 1 aromatic carbocycles. The summed E-state index contributed by atoms with van der Waals surface area (Å²) in [6.07, 6.45) is 0. The predicted octanol–water partition coefficient (Wildman–Crippen LogP) is 2.73. The fourth-order valence-corrected chi connectivity index (χ4v) is 2.50. The first-order chi connectivity index (χ1) is 9.56. The fraction of sp³-hybridized carbons (Fsp3) is 0.143. The number of amides is 3. The summed E-state index contributed by atoms with van der Waals surface area (Å²) in [5.74, 6) is -0.195. The fourth-order valence-electron chi connectivity index (χ4n) is 1.77. The molecular weight excluding hydrogens is 274 g/mol. The SMILES string of the molecule is CC(NC(=O)c1cccc(NC(N)=O)c1)c1cccs1. The molecule has 4 N–H and O–H groups in total. The van der Waals surface area contributed by atoms with Gasteiger partial charge in [0, 0.05) is 16.1 Å². The van der Waals surface area contributed by atoms with Crippen molar-refractivity contribution in [1.29, 1.82) is 0 Å². The van der Waals surface area contributed by atoms with Crippen LogP contribution >= 0.6 is 11.3 Å². The smallest absolute Gasteiger partial charge is 0.316 e. The lowest BCUT2D eigenvalue weighted by atomic mass is 10.1. The third kappa shape index (κ3) is 3.58. The Morgan fingerprint density at radius 2 is 2.05 bits per heavy atom. The molecule has 1 atom stereocenters. The molecule has 0 saturated carbocycles. The Kier molecular flexibility index (Phi) is 4.37. The quantitative estimate of drug-likeness (QED) is 0.808. The Labute approximate surface area is 120 Å². The monoisotopic (exact) mass is 289 g/mol. The number of nitrogens with two attached hydrogens (primary N) is 1. The van der Waals surface area contributed by atoms with Crippen molar-refractivity contribution in [2.45, 2.75) is 13.0 Å². The molecule has 2 rings (SSSR count). The van der Waals surface area contributed by atoms with E-state index < -0.39 is 6.03 Å². The Hall–Kier alpha value is -2.34. The maximum atomic E-state index is 12.1. The predicted molar refractivity (Wildman–Crippen MR) is 79.8 cm³/mol. The van der Waals surface area contributed by atoms with Crippen LogP contribution < -0.4 is 16.4 Å². The number of carbonyl (C=O) groups is 2. The number of hydrogen-bond donors (Lipinski definition) is 3. The molecule has 0 spiro atoms. The van der Waals surface area contributed by atoms with Crippen molar-refractivity contribution >= 4 is 29.0 Å². The molecular formula is C14H15N3O2S. The van der Waals surface area contributed by atoms with E-state index in [2.05, 4.69) is 10.6 Å². The molecule has 6 heteroatoms. The standard InChI is InChI=1S/C14H15N3O2S/c1-9(12-6-3-7-20-12)16-13(18)10-4-2-5-11(8-10)17-14(15)19/h2-9H,1H3,(H,16,18)(H3,15,17,19). The van der Waals surface area contributed by atoms with E-state index in [9.17, 15) is 9.59 Å². The van der Waals surface area contributed by atoms with Gasteiger partial charge in [-0.1, -0.05) is 12.1 Å². The number of hydrogen-bond acceptors (Lipinski definition) is 3. The second-order valence-electron chi connectivity index (χ2n) is 4.28. The largest absolute Gasteiger partial charge is 0.351 e. The van der Waals surface area contributed by atoms with Crippen LogP contribution in [0, 0.1) is 0 Å². The highest BCUT2D eigenvalue weighted by Gasteiger charge is 2.12. The van der Waals surface area contributed by atoms with E-state index in [4.69, 9.17) is 5.73 Å². The Morgan fingerprint density at radius 3 is 2.70 bits per heavy atom. The van der Waals surface area contributed by atoms with Crippen LogP contribution in [-0.2, 0) is 0 Å². The zero-order valence-electron chi connectivity index (χ0n) is 10.9. The third-order valence-electron chi connectivity index (χ3n) is 2.71. The second kappa shape index (κ2) is 6.21. The van der Waals surface area contributed by atoms with Gasteiger partial charge in [0.2, 0.25) is 0 Å². The molecule has 0 bridgehead atoms. The molecule has 3 amide bonds. The average molecular weight is 289 g/mol. The summed E-state index contributed by atoms with van der Waals surface area (Å²) in [7, 11) is 0. The van der Waals surface area contributed by atoms with Gasteiger partial charge >= 0.3 is 6.03 Å². The van der Waals surface area contributed by atoms with Crippen LogP contribution in [0.5, 0.6) is 0 Å². The summed E-state index contributed by atoms with van der Waals surface area (Å²) in [5.41, 5.74) is 6.01. The highest BCUT2D eigenvalue weighted by molar-refractivity contribution is 7.10. The van der Waals surface area contributed by atoms with Crippen LogP contribution in [0.15, 0.2) is 41.8 Å². The zero-order chi connectivity index (χ0) is 14.5. The van der Waals surface area contributed by atoms with E-state index in [0.717, 1.165) is 4.88 Å². The van der Waals surface area contributed by atoms with E-state index in [1.165, 1.54) is 0 Å². The van der Waals surface area contributed by atoms with Gasteiger partial charge in [-0.3, -0.25) is 4.79 Å². The normalized spacial score (nSPS) is 11.7. The summed E-state index contributed by atoms with van der Waals surface area (Å²) in [6, 6.07) is 9.83. The molecule has 1 unspecified atom stereocenters. The first-order valence-electron chi connectivity index (χ1n) is 6.07. The number of primary amides is 1. The molecule has 0 aliphatic rings. The number of thiophene rings is 1. The lowest BCUT2D eigenvalue weighted by molar-refractivity contribution is 0.0940. The van der Waals surface area contributed by atoms with Crippen molar-refractivity contribution in [3.63, 3.8) is 0 Å². The molecule has 0 aliphatic carbocycles. The number of nitrogens with one attached hydrogen (secondary N) is 2. The number of carbonyl (C=O) groups excluding carboxylic acids is 2. The van der Waals surface area contributed by atoms with E-state index >= 15 is 0 Å². The van der Waals surface area contributed by atoms with Gasteiger partial charge in [-0.2, -0.15) is 0 Å². The van der Waals surface area contributed by atoms with Crippen molar-refractivity contribution < 1.29 is 9.59 Å². The van der Waals surface area contributed by atoms with Gasteiger partial charge in [0.05, 0.1) is 6.04 Å². The first-order valence-corrected chi connectivity index (χ1v) is 6.95. The topological polar surface area (TPSA) is 84.2 Å². The van der Waals surface area contributed by atoms with Crippen molar-refractivity contribution in [2.24, 2.45) is 5.73 Å². The molecule has 0 saturated heterocycles. The van der Waals surface area contributed by atoms with Gasteiger partial charge in [0.25, 0.3) is 5.91 Å².